The van der Waals surface area contributed by atoms with Crippen LogP contribution in [0.1, 0.15) is 72.2 Å². The highest BCUT2D eigenvalue weighted by molar-refractivity contribution is 6.09. The van der Waals surface area contributed by atoms with E-state index in [1.54, 1.807) is 0 Å². The van der Waals surface area contributed by atoms with Gasteiger partial charge in [0, 0.05) is 28.6 Å². The van der Waals surface area contributed by atoms with Crippen molar-refractivity contribution in [2.24, 2.45) is 4.99 Å². The summed E-state index contributed by atoms with van der Waals surface area (Å²) >= 11 is 0. The summed E-state index contributed by atoms with van der Waals surface area (Å²) in [4.78, 5) is 9.97. The quantitative estimate of drug-likeness (QED) is 0.201. The lowest BCUT2D eigenvalue weighted by Gasteiger charge is -2.26. The van der Waals surface area contributed by atoms with Crippen LogP contribution in [0.4, 0.5) is 0 Å². The predicted molar refractivity (Wildman–Crippen MR) is 187 cm³/mol. The van der Waals surface area contributed by atoms with Gasteiger partial charge in [0.15, 0.2) is 0 Å². The minimum atomic E-state index is 0.0115. The Morgan fingerprint density at radius 3 is 2.52 bits per heavy atom. The van der Waals surface area contributed by atoms with E-state index >= 15 is 0 Å². The summed E-state index contributed by atoms with van der Waals surface area (Å²) in [6.07, 6.45) is 4.00. The van der Waals surface area contributed by atoms with Gasteiger partial charge in [-0.1, -0.05) is 50.6 Å². The van der Waals surface area contributed by atoms with E-state index in [2.05, 4.69) is 131 Å². The number of ether oxygens (including phenoxy) is 2. The van der Waals surface area contributed by atoms with E-state index in [-0.39, 0.29) is 17.6 Å². The van der Waals surface area contributed by atoms with E-state index in [0.29, 0.717) is 5.90 Å². The van der Waals surface area contributed by atoms with Gasteiger partial charge < -0.3 is 9.47 Å². The van der Waals surface area contributed by atoms with Gasteiger partial charge in [0.1, 0.15) is 29.5 Å². The molecule has 1 aliphatic heterocycles. The molecule has 5 heteroatoms. The third kappa shape index (κ3) is 4.86. The zero-order valence-corrected chi connectivity index (χ0v) is 27.4. The van der Waals surface area contributed by atoms with Crippen molar-refractivity contribution in [3.63, 3.8) is 0 Å². The van der Waals surface area contributed by atoms with E-state index in [1.165, 1.54) is 38.6 Å². The van der Waals surface area contributed by atoms with Crippen LogP contribution < -0.4 is 4.74 Å². The molecule has 2 aromatic heterocycles. The van der Waals surface area contributed by atoms with E-state index in [9.17, 15) is 0 Å². The van der Waals surface area contributed by atoms with Crippen LogP contribution in [-0.2, 0) is 16.6 Å². The van der Waals surface area contributed by atoms with Crippen LogP contribution in [0.25, 0.3) is 27.6 Å². The highest BCUT2D eigenvalue weighted by Crippen LogP contribution is 2.41. The first kappa shape index (κ1) is 28.6. The number of fused-ring (bicyclic) bond motifs is 6. The molecule has 8 rings (SSSR count). The number of rotatable bonds is 4. The zero-order valence-electron chi connectivity index (χ0n) is 27.4. The molecule has 6 aromatic rings. The van der Waals surface area contributed by atoms with Crippen LogP contribution in [-0.4, -0.2) is 21.6 Å². The first-order valence-electron chi connectivity index (χ1n) is 16.3. The van der Waals surface area contributed by atoms with E-state index in [0.717, 1.165) is 52.3 Å². The number of hydrogen-bond donors (Lipinski definition) is 0. The van der Waals surface area contributed by atoms with Crippen LogP contribution in [0, 0.1) is 20.8 Å². The molecule has 230 valence electrons. The van der Waals surface area contributed by atoms with Gasteiger partial charge in [0.25, 0.3) is 0 Å². The van der Waals surface area contributed by atoms with Crippen LogP contribution in [0.5, 0.6) is 11.5 Å². The molecule has 1 aliphatic carbocycles. The number of aryl methyl sites for hydroxylation is 3. The van der Waals surface area contributed by atoms with E-state index in [4.69, 9.17) is 19.5 Å². The molecule has 5 nitrogen and oxygen atoms in total. The van der Waals surface area contributed by atoms with Crippen molar-refractivity contribution >= 4 is 27.7 Å². The maximum atomic E-state index is 6.60. The summed E-state index contributed by atoms with van der Waals surface area (Å²) < 4.78 is 15.4. The van der Waals surface area contributed by atoms with Gasteiger partial charge in [-0.15, -0.1) is 0 Å². The lowest BCUT2D eigenvalue weighted by atomic mass is 9.84. The molecule has 3 heterocycles. The fourth-order valence-corrected chi connectivity index (χ4v) is 7.21. The lowest BCUT2D eigenvalue weighted by Crippen LogP contribution is -2.23. The Bertz CT molecular complexity index is 2200. The van der Waals surface area contributed by atoms with Crippen molar-refractivity contribution in [2.45, 2.75) is 71.9 Å². The summed E-state index contributed by atoms with van der Waals surface area (Å²) in [6, 6.07) is 30.2. The Kier molecular flexibility index (Phi) is 6.57. The molecular formula is C41H39N3O2. The predicted octanol–water partition coefficient (Wildman–Crippen LogP) is 10.0. The van der Waals surface area contributed by atoms with Gasteiger partial charge >= 0.3 is 0 Å². The molecule has 0 spiro atoms. The smallest absolute Gasteiger partial charge is 0.217 e. The largest absolute Gasteiger partial charge is 0.471 e. The maximum Gasteiger partial charge on any atom is 0.217 e. The number of aromatic nitrogens is 2. The van der Waals surface area contributed by atoms with Gasteiger partial charge in [-0.05, 0) is 121 Å². The first-order chi connectivity index (χ1) is 22.1. The monoisotopic (exact) mass is 605 g/mol. The minimum absolute atomic E-state index is 0.0115. The Morgan fingerprint density at radius 2 is 1.67 bits per heavy atom. The van der Waals surface area contributed by atoms with Gasteiger partial charge in [-0.25, -0.2) is 9.98 Å². The second kappa shape index (κ2) is 10.6. The third-order valence-corrected chi connectivity index (χ3v) is 9.58. The van der Waals surface area contributed by atoms with Crippen molar-refractivity contribution in [2.75, 3.05) is 0 Å². The second-order valence-electron chi connectivity index (χ2n) is 14.0. The van der Waals surface area contributed by atoms with Crippen LogP contribution in [0.3, 0.4) is 0 Å². The Balaban J connectivity index is 1.18. The van der Waals surface area contributed by atoms with Crippen molar-refractivity contribution in [3.8, 4) is 17.3 Å². The molecule has 0 unspecified atom stereocenters. The topological polar surface area (TPSA) is 48.6 Å². The Hall–Kier alpha value is -4.90. The molecule has 0 bridgehead atoms. The van der Waals surface area contributed by atoms with Crippen molar-refractivity contribution in [3.05, 3.63) is 130 Å². The fraction of sp³-hybridized carbons (Fsp3) is 0.268. The standard InChI is InChI=1S/C41H39N3O2/c1-24-10-14-35-34(20-24)32-12-11-29(23-36(32)44(35)38-22-28(16-17-42-38)41(4,5)6)45-30-19-25(2)18-27(21-30)40-43-39-33-9-7-8-26(3)31(33)13-15-37(39)46-40/h7-12,14,16-23,37,39H,13,15H2,1-6H3/t37-,39+/m0/s1. The molecule has 0 saturated carbocycles. The Labute approximate surface area is 270 Å². The first-order valence-corrected chi connectivity index (χ1v) is 16.3. The number of pyridine rings is 1. The number of benzene rings is 4. The molecule has 0 amide bonds. The lowest BCUT2D eigenvalue weighted by molar-refractivity contribution is 0.174. The van der Waals surface area contributed by atoms with Gasteiger partial charge in [0.05, 0.1) is 11.0 Å². The summed E-state index contributed by atoms with van der Waals surface area (Å²) in [5, 5.41) is 2.38. The van der Waals surface area contributed by atoms with Crippen LogP contribution >= 0.6 is 0 Å². The average Bonchev–Trinajstić information content (AvgIpc) is 3.60. The summed E-state index contributed by atoms with van der Waals surface area (Å²) in [7, 11) is 0. The molecule has 0 fully saturated rings. The SMILES string of the molecule is Cc1cc(Oc2ccc3c4cc(C)ccc4n(-c4cc(C(C)(C)C)ccn4)c3c2)cc(C2=N[C@@H]3c4cccc(C)c4CC[C@@H]3O2)c1. The van der Waals surface area contributed by atoms with Crippen molar-refractivity contribution < 1.29 is 9.47 Å². The fourth-order valence-electron chi connectivity index (χ4n) is 7.21. The number of nitrogens with zero attached hydrogens (tertiary/aromatic N) is 3. The molecule has 0 N–H and O–H groups in total. The Morgan fingerprint density at radius 1 is 0.804 bits per heavy atom. The van der Waals surface area contributed by atoms with Crippen LogP contribution in [0.2, 0.25) is 0 Å². The zero-order chi connectivity index (χ0) is 31.7. The van der Waals surface area contributed by atoms with Crippen molar-refractivity contribution in [1.29, 1.82) is 0 Å². The summed E-state index contributed by atoms with van der Waals surface area (Å²) in [5.41, 5.74) is 10.8. The van der Waals surface area contributed by atoms with E-state index in [1.807, 2.05) is 6.20 Å². The van der Waals surface area contributed by atoms with Gasteiger partial charge in [-0.2, -0.15) is 0 Å². The molecule has 4 aromatic carbocycles. The number of aliphatic imine (C=N–C) groups is 1. The average molecular weight is 606 g/mol. The second-order valence-corrected chi connectivity index (χ2v) is 14.0. The van der Waals surface area contributed by atoms with Gasteiger partial charge in [0.2, 0.25) is 5.90 Å². The highest BCUT2D eigenvalue weighted by atomic mass is 16.5. The van der Waals surface area contributed by atoms with Gasteiger partial charge in [-0.3, -0.25) is 4.57 Å². The highest BCUT2D eigenvalue weighted by Gasteiger charge is 2.37. The molecule has 0 saturated heterocycles. The number of hydrogen-bond acceptors (Lipinski definition) is 4. The molecule has 46 heavy (non-hydrogen) atoms. The molecule has 0 radical (unpaired) electrons. The van der Waals surface area contributed by atoms with E-state index < -0.39 is 0 Å². The maximum absolute atomic E-state index is 6.60. The van der Waals surface area contributed by atoms with Crippen molar-refractivity contribution in [1.82, 2.24) is 9.55 Å². The summed E-state index contributed by atoms with van der Waals surface area (Å²) in [6.45, 7) is 13.1. The molecule has 2 atom stereocenters. The third-order valence-electron chi connectivity index (χ3n) is 9.58. The summed E-state index contributed by atoms with van der Waals surface area (Å²) in [5.74, 6) is 3.14. The minimum Gasteiger partial charge on any atom is -0.471 e. The van der Waals surface area contributed by atoms with Crippen LogP contribution in [0.15, 0.2) is 96.1 Å². The molecular weight excluding hydrogens is 566 g/mol. The normalized spacial score (nSPS) is 17.5. The molecule has 2 aliphatic rings.